The lowest BCUT2D eigenvalue weighted by Gasteiger charge is -2.31. The largest absolute Gasteiger partial charge is 0.370 e. The summed E-state index contributed by atoms with van der Waals surface area (Å²) in [4.78, 5) is 12.0. The third-order valence-electron chi connectivity index (χ3n) is 3.93. The fourth-order valence-electron chi connectivity index (χ4n) is 2.37. The summed E-state index contributed by atoms with van der Waals surface area (Å²) in [5, 5.41) is 3.46. The number of anilines is 2. The van der Waals surface area contributed by atoms with Crippen molar-refractivity contribution in [3.63, 3.8) is 0 Å². The molecule has 0 aliphatic carbocycles. The molecule has 0 aliphatic rings. The van der Waals surface area contributed by atoms with Crippen LogP contribution in [0.1, 0.15) is 71.7 Å². The van der Waals surface area contributed by atoms with Crippen LogP contribution in [0.15, 0.2) is 0 Å². The summed E-state index contributed by atoms with van der Waals surface area (Å²) in [6, 6.07) is 0.489. The van der Waals surface area contributed by atoms with Gasteiger partial charge in [0.2, 0.25) is 0 Å². The number of hydrogen-bond donors (Lipinski definition) is 1. The molecule has 0 amide bonds. The van der Waals surface area contributed by atoms with Gasteiger partial charge >= 0.3 is 0 Å². The molecule has 0 saturated heterocycles. The second-order valence-electron chi connectivity index (χ2n) is 6.00. The highest BCUT2D eigenvalue weighted by Crippen LogP contribution is 2.27. The van der Waals surface area contributed by atoms with Crippen LogP contribution in [0.5, 0.6) is 0 Å². The van der Waals surface area contributed by atoms with Gasteiger partial charge in [-0.1, -0.05) is 27.7 Å². The average molecular weight is 292 g/mol. The quantitative estimate of drug-likeness (QED) is 0.773. The highest BCUT2D eigenvalue weighted by Gasteiger charge is 2.19. The van der Waals surface area contributed by atoms with Crippen molar-refractivity contribution < 1.29 is 0 Å². The molecule has 1 N–H and O–H groups in total. The third kappa shape index (κ3) is 4.32. The molecule has 1 aromatic rings. The molecule has 0 spiro atoms. The predicted octanol–water partition coefficient (Wildman–Crippen LogP) is 4.36. The van der Waals surface area contributed by atoms with Crippen LogP contribution in [-0.4, -0.2) is 29.1 Å². The van der Waals surface area contributed by atoms with Gasteiger partial charge in [0.1, 0.15) is 17.5 Å². The summed E-state index contributed by atoms with van der Waals surface area (Å²) >= 11 is 0. The number of nitrogens with zero attached hydrogens (tertiary/aromatic N) is 3. The van der Waals surface area contributed by atoms with Crippen molar-refractivity contribution in [3.8, 4) is 0 Å². The van der Waals surface area contributed by atoms with Crippen molar-refractivity contribution >= 4 is 11.6 Å². The lowest BCUT2D eigenvalue weighted by atomic mass is 10.1. The fourth-order valence-corrected chi connectivity index (χ4v) is 2.37. The standard InChI is InChI=1S/C17H32N4/c1-8-11-18-16-14(7)17(20-15(19-16)12(4)5)21(10-3)13(6)9-2/h12-13H,8-11H2,1-7H3,(H,18,19,20). The van der Waals surface area contributed by atoms with Gasteiger partial charge in [0.05, 0.1) is 0 Å². The monoisotopic (exact) mass is 292 g/mol. The first-order valence-corrected chi connectivity index (χ1v) is 8.35. The summed E-state index contributed by atoms with van der Waals surface area (Å²) in [7, 11) is 0. The van der Waals surface area contributed by atoms with Crippen LogP contribution in [0, 0.1) is 6.92 Å². The molecule has 0 fully saturated rings. The molecular weight excluding hydrogens is 260 g/mol. The van der Waals surface area contributed by atoms with Crippen molar-refractivity contribution in [2.75, 3.05) is 23.3 Å². The fraction of sp³-hybridized carbons (Fsp3) is 0.765. The van der Waals surface area contributed by atoms with Gasteiger partial charge in [-0.05, 0) is 33.6 Å². The zero-order chi connectivity index (χ0) is 16.0. The summed E-state index contributed by atoms with van der Waals surface area (Å²) < 4.78 is 0. The van der Waals surface area contributed by atoms with Crippen molar-refractivity contribution in [1.29, 1.82) is 0 Å². The van der Waals surface area contributed by atoms with Gasteiger partial charge in [0, 0.05) is 30.6 Å². The summed E-state index contributed by atoms with van der Waals surface area (Å²) in [5.41, 5.74) is 1.16. The van der Waals surface area contributed by atoms with E-state index in [1.165, 1.54) is 0 Å². The lowest BCUT2D eigenvalue weighted by molar-refractivity contribution is 0.616. The maximum atomic E-state index is 4.86. The number of hydrogen-bond acceptors (Lipinski definition) is 4. The van der Waals surface area contributed by atoms with E-state index in [-0.39, 0.29) is 0 Å². The minimum atomic E-state index is 0.335. The molecule has 1 aromatic heterocycles. The molecule has 21 heavy (non-hydrogen) atoms. The van der Waals surface area contributed by atoms with Gasteiger partial charge < -0.3 is 10.2 Å². The Kier molecular flexibility index (Phi) is 6.93. The van der Waals surface area contributed by atoms with Crippen LogP contribution in [0.3, 0.4) is 0 Å². The van der Waals surface area contributed by atoms with Gasteiger partial charge in [-0.2, -0.15) is 0 Å². The smallest absolute Gasteiger partial charge is 0.137 e. The van der Waals surface area contributed by atoms with E-state index in [1.807, 2.05) is 0 Å². The Hall–Kier alpha value is -1.32. The Morgan fingerprint density at radius 2 is 1.76 bits per heavy atom. The van der Waals surface area contributed by atoms with Crippen molar-refractivity contribution in [2.24, 2.45) is 0 Å². The topological polar surface area (TPSA) is 41.1 Å². The van der Waals surface area contributed by atoms with E-state index in [0.717, 1.165) is 49.0 Å². The first-order valence-electron chi connectivity index (χ1n) is 8.35. The van der Waals surface area contributed by atoms with Gasteiger partial charge in [-0.15, -0.1) is 0 Å². The molecule has 0 aromatic carbocycles. The van der Waals surface area contributed by atoms with Crippen LogP contribution in [-0.2, 0) is 0 Å². The first-order chi connectivity index (χ1) is 9.96. The van der Waals surface area contributed by atoms with Crippen LogP contribution >= 0.6 is 0 Å². The van der Waals surface area contributed by atoms with E-state index < -0.39 is 0 Å². The number of aromatic nitrogens is 2. The maximum absolute atomic E-state index is 4.86. The Morgan fingerprint density at radius 1 is 1.10 bits per heavy atom. The average Bonchev–Trinajstić information content (AvgIpc) is 2.47. The Morgan fingerprint density at radius 3 is 2.24 bits per heavy atom. The summed E-state index contributed by atoms with van der Waals surface area (Å²) in [6.07, 6.45) is 2.21. The highest BCUT2D eigenvalue weighted by atomic mass is 15.2. The highest BCUT2D eigenvalue weighted by molar-refractivity contribution is 5.59. The van der Waals surface area contributed by atoms with Crippen LogP contribution < -0.4 is 10.2 Å². The molecule has 0 saturated carbocycles. The molecule has 4 nitrogen and oxygen atoms in total. The second kappa shape index (κ2) is 8.20. The SMILES string of the molecule is CCCNc1nc(C(C)C)nc(N(CC)C(C)CC)c1C. The van der Waals surface area contributed by atoms with Crippen LogP contribution in [0.4, 0.5) is 11.6 Å². The third-order valence-corrected chi connectivity index (χ3v) is 3.93. The lowest BCUT2D eigenvalue weighted by Crippen LogP contribution is -2.34. The zero-order valence-electron chi connectivity index (χ0n) is 14.8. The van der Waals surface area contributed by atoms with Gasteiger partial charge in [0.25, 0.3) is 0 Å². The maximum Gasteiger partial charge on any atom is 0.137 e. The zero-order valence-corrected chi connectivity index (χ0v) is 14.8. The Labute approximate surface area is 130 Å². The van der Waals surface area contributed by atoms with Gasteiger partial charge in [0.15, 0.2) is 0 Å². The normalized spacial score (nSPS) is 12.6. The van der Waals surface area contributed by atoms with Crippen molar-refractivity contribution in [2.45, 2.75) is 73.3 Å². The van der Waals surface area contributed by atoms with E-state index in [4.69, 9.17) is 9.97 Å². The molecule has 1 unspecified atom stereocenters. The molecular formula is C17H32N4. The minimum absolute atomic E-state index is 0.335. The molecule has 1 rings (SSSR count). The first kappa shape index (κ1) is 17.7. The molecule has 4 heteroatoms. The van der Waals surface area contributed by atoms with Gasteiger partial charge in [-0.3, -0.25) is 0 Å². The molecule has 0 radical (unpaired) electrons. The Bertz CT molecular complexity index is 443. The van der Waals surface area contributed by atoms with E-state index in [1.54, 1.807) is 0 Å². The summed E-state index contributed by atoms with van der Waals surface area (Å²) in [5.74, 6) is 3.34. The van der Waals surface area contributed by atoms with Crippen LogP contribution in [0.2, 0.25) is 0 Å². The minimum Gasteiger partial charge on any atom is -0.370 e. The van der Waals surface area contributed by atoms with Crippen molar-refractivity contribution in [3.05, 3.63) is 11.4 Å². The van der Waals surface area contributed by atoms with E-state index in [9.17, 15) is 0 Å². The van der Waals surface area contributed by atoms with Crippen molar-refractivity contribution in [1.82, 2.24) is 9.97 Å². The van der Waals surface area contributed by atoms with Gasteiger partial charge in [-0.25, -0.2) is 9.97 Å². The summed E-state index contributed by atoms with van der Waals surface area (Å²) in [6.45, 7) is 17.2. The Balaban J connectivity index is 3.30. The molecule has 120 valence electrons. The number of nitrogens with one attached hydrogen (secondary N) is 1. The molecule has 0 aliphatic heterocycles. The van der Waals surface area contributed by atoms with Crippen LogP contribution in [0.25, 0.3) is 0 Å². The molecule has 1 atom stereocenters. The predicted molar refractivity (Wildman–Crippen MR) is 92.4 cm³/mol. The van der Waals surface area contributed by atoms with E-state index in [2.05, 4.69) is 58.7 Å². The second-order valence-corrected chi connectivity index (χ2v) is 6.00. The molecule has 1 heterocycles. The van der Waals surface area contributed by atoms with E-state index >= 15 is 0 Å². The number of rotatable bonds is 8. The molecule has 0 bridgehead atoms. The van der Waals surface area contributed by atoms with E-state index in [0.29, 0.717) is 12.0 Å².